The number of phenols is 2. The van der Waals surface area contributed by atoms with Gasteiger partial charge in [0.05, 0.1) is 19.8 Å². The largest absolute Gasteiger partial charge is 0.504 e. The lowest BCUT2D eigenvalue weighted by molar-refractivity contribution is 0.0972. The van der Waals surface area contributed by atoms with Crippen molar-refractivity contribution >= 4 is 23.4 Å². The summed E-state index contributed by atoms with van der Waals surface area (Å²) >= 11 is 6.95. The van der Waals surface area contributed by atoms with Gasteiger partial charge in [-0.05, 0) is 72.7 Å². The molecule has 0 unspecified atom stereocenters. The Kier molecular flexibility index (Phi) is 7.60. The minimum atomic E-state index is -0.202. The number of aromatic hydroxyl groups is 2. The lowest BCUT2D eigenvalue weighted by Gasteiger charge is -2.29. The first-order valence-corrected chi connectivity index (χ1v) is 12.5. The van der Waals surface area contributed by atoms with Crippen LogP contribution in [0.3, 0.4) is 0 Å². The first kappa shape index (κ1) is 25.4. The fourth-order valence-corrected chi connectivity index (χ4v) is 5.27. The highest BCUT2D eigenvalue weighted by atomic mass is 35.5. The molecule has 0 saturated heterocycles. The Morgan fingerprint density at radius 1 is 1.03 bits per heavy atom. The van der Waals surface area contributed by atoms with Crippen molar-refractivity contribution in [3.63, 3.8) is 0 Å². The molecule has 0 radical (unpaired) electrons. The molecule has 0 fully saturated rings. The van der Waals surface area contributed by atoms with Crippen LogP contribution < -0.4 is 4.90 Å². The van der Waals surface area contributed by atoms with Crippen LogP contribution in [0.15, 0.2) is 64.3 Å². The van der Waals surface area contributed by atoms with E-state index >= 15 is 0 Å². The topological polar surface area (TPSA) is 73.2 Å². The lowest BCUT2D eigenvalue weighted by Crippen LogP contribution is -2.29. The van der Waals surface area contributed by atoms with Crippen molar-refractivity contribution in [2.45, 2.75) is 45.4 Å². The van der Waals surface area contributed by atoms with Crippen LogP contribution in [0.5, 0.6) is 11.5 Å². The molecule has 0 atom stereocenters. The van der Waals surface area contributed by atoms with E-state index < -0.39 is 0 Å². The third-order valence-corrected chi connectivity index (χ3v) is 7.34. The molecule has 2 aliphatic rings. The predicted octanol–water partition coefficient (Wildman–Crippen LogP) is 6.16. The zero-order valence-corrected chi connectivity index (χ0v) is 21.4. The summed E-state index contributed by atoms with van der Waals surface area (Å²) in [5.74, 6) is -0.276. The number of hydrogen-bond acceptors (Lipinski definition) is 5. The van der Waals surface area contributed by atoms with Crippen molar-refractivity contribution in [2.24, 2.45) is 0 Å². The summed E-state index contributed by atoms with van der Waals surface area (Å²) in [6.07, 6.45) is 6.95. The van der Waals surface area contributed by atoms with E-state index in [0.717, 1.165) is 41.0 Å². The molecule has 2 aromatic carbocycles. The number of benzene rings is 2. The van der Waals surface area contributed by atoms with E-state index in [9.17, 15) is 10.2 Å². The van der Waals surface area contributed by atoms with Crippen LogP contribution >= 0.6 is 11.6 Å². The van der Waals surface area contributed by atoms with Crippen LogP contribution in [0, 0.1) is 6.92 Å². The first-order chi connectivity index (χ1) is 16.7. The highest BCUT2D eigenvalue weighted by Gasteiger charge is 2.40. The number of rotatable bonds is 7. The summed E-state index contributed by atoms with van der Waals surface area (Å²) in [5, 5.41) is 29.3. The van der Waals surface area contributed by atoms with Gasteiger partial charge in [-0.3, -0.25) is 0 Å². The summed E-state index contributed by atoms with van der Waals surface area (Å²) in [6.45, 7) is 8.16. The summed E-state index contributed by atoms with van der Waals surface area (Å²) in [7, 11) is 0. The minimum absolute atomic E-state index is 0.0143. The van der Waals surface area contributed by atoms with Crippen LogP contribution in [0.25, 0.3) is 6.08 Å². The number of hydrogen-bond donors (Lipinski definition) is 3. The van der Waals surface area contributed by atoms with Crippen molar-refractivity contribution in [1.82, 2.24) is 0 Å². The van der Waals surface area contributed by atoms with Crippen LogP contribution in [0.4, 0.5) is 5.69 Å². The van der Waals surface area contributed by atoms with Gasteiger partial charge in [-0.25, -0.2) is 0 Å². The van der Waals surface area contributed by atoms with Crippen LogP contribution in [0.2, 0.25) is 0 Å². The number of allylic oxidation sites excluding steroid dienone is 5. The van der Waals surface area contributed by atoms with E-state index in [-0.39, 0.29) is 23.5 Å². The van der Waals surface area contributed by atoms with Crippen molar-refractivity contribution in [3.05, 3.63) is 81.0 Å². The maximum absolute atomic E-state index is 9.87. The van der Waals surface area contributed by atoms with Crippen molar-refractivity contribution in [1.29, 1.82) is 0 Å². The molecule has 5 nitrogen and oxygen atoms in total. The normalized spacial score (nSPS) is 19.6. The van der Waals surface area contributed by atoms with Gasteiger partial charge in [0.15, 0.2) is 11.5 Å². The van der Waals surface area contributed by atoms with Crippen LogP contribution in [-0.2, 0) is 10.2 Å². The standard InChI is InChI=1S/C29H34ClNO4/c1-19-7-9-24-23(15-19)29(2,3)27(31(24)11-13-35-14-12-32)18-22-6-4-5-21(28(22)30)16-20-8-10-25(33)26(34)17-20/h7-10,15-18,32-34H,4-6,11-14H2,1-3H3/b21-16+,27-18+. The molecule has 0 saturated carbocycles. The molecule has 0 amide bonds. The molecule has 0 bridgehead atoms. The maximum atomic E-state index is 9.87. The summed E-state index contributed by atoms with van der Waals surface area (Å²) in [5.41, 5.74) is 7.60. The Hall–Kier alpha value is -2.73. The summed E-state index contributed by atoms with van der Waals surface area (Å²) in [4.78, 5) is 2.32. The molecular weight excluding hydrogens is 462 g/mol. The molecule has 0 aromatic heterocycles. The third-order valence-electron chi connectivity index (χ3n) is 6.85. The zero-order chi connectivity index (χ0) is 25.2. The highest BCUT2D eigenvalue weighted by molar-refractivity contribution is 6.33. The minimum Gasteiger partial charge on any atom is -0.504 e. The second-order valence-corrected chi connectivity index (χ2v) is 10.2. The number of fused-ring (bicyclic) bond motifs is 1. The summed E-state index contributed by atoms with van der Waals surface area (Å²) in [6, 6.07) is 11.4. The van der Waals surface area contributed by atoms with E-state index in [2.05, 4.69) is 49.9 Å². The van der Waals surface area contributed by atoms with Gasteiger partial charge in [0.25, 0.3) is 0 Å². The van der Waals surface area contributed by atoms with Crippen molar-refractivity contribution in [3.8, 4) is 11.5 Å². The Morgan fingerprint density at radius 3 is 2.57 bits per heavy atom. The Morgan fingerprint density at radius 2 is 1.83 bits per heavy atom. The quantitative estimate of drug-likeness (QED) is 0.317. The number of aliphatic hydroxyl groups is 1. The second-order valence-electron chi connectivity index (χ2n) is 9.77. The second kappa shape index (κ2) is 10.5. The molecule has 4 rings (SSSR count). The van der Waals surface area contributed by atoms with Crippen molar-refractivity contribution in [2.75, 3.05) is 31.3 Å². The third kappa shape index (κ3) is 5.27. The average Bonchev–Trinajstić information content (AvgIpc) is 3.02. The Balaban J connectivity index is 1.73. The Bertz CT molecular complexity index is 1200. The van der Waals surface area contributed by atoms with E-state index in [1.54, 1.807) is 12.1 Å². The number of halogens is 1. The molecule has 3 N–H and O–H groups in total. The van der Waals surface area contributed by atoms with Gasteiger partial charge < -0.3 is 25.0 Å². The molecule has 1 aliphatic heterocycles. The maximum Gasteiger partial charge on any atom is 0.157 e. The fourth-order valence-electron chi connectivity index (χ4n) is 4.98. The molecular formula is C29H34ClNO4. The lowest BCUT2D eigenvalue weighted by atomic mass is 9.81. The molecule has 186 valence electrons. The number of phenolic OH excluding ortho intramolecular Hbond substituents is 2. The zero-order valence-electron chi connectivity index (χ0n) is 20.6. The number of anilines is 1. The number of aryl methyl sites for hydroxylation is 1. The Labute approximate surface area is 212 Å². The van der Waals surface area contributed by atoms with Crippen molar-refractivity contribution < 1.29 is 20.1 Å². The fraction of sp³-hybridized carbons (Fsp3) is 0.379. The van der Waals surface area contributed by atoms with Gasteiger partial charge in [-0.1, -0.05) is 55.3 Å². The van der Waals surface area contributed by atoms with Gasteiger partial charge in [0.1, 0.15) is 0 Å². The molecule has 0 spiro atoms. The SMILES string of the molecule is Cc1ccc2c(c1)C(C)(C)/C(=C\C1=C(Cl)C(=C/c3ccc(O)c(O)c3)/CCC1)N2CCOCCO. The molecule has 1 heterocycles. The van der Waals surface area contributed by atoms with Gasteiger partial charge in [0, 0.05) is 28.4 Å². The van der Waals surface area contributed by atoms with Crippen LogP contribution in [-0.4, -0.2) is 41.7 Å². The van der Waals surface area contributed by atoms with Gasteiger partial charge in [-0.15, -0.1) is 0 Å². The van der Waals surface area contributed by atoms with E-state index in [1.165, 1.54) is 28.6 Å². The van der Waals surface area contributed by atoms with Gasteiger partial charge in [0.2, 0.25) is 0 Å². The van der Waals surface area contributed by atoms with E-state index in [4.69, 9.17) is 21.4 Å². The first-order valence-electron chi connectivity index (χ1n) is 12.1. The number of nitrogens with zero attached hydrogens (tertiary/aromatic N) is 1. The molecule has 1 aliphatic carbocycles. The highest BCUT2D eigenvalue weighted by Crippen LogP contribution is 2.49. The number of ether oxygens (including phenoxy) is 1. The average molecular weight is 496 g/mol. The summed E-state index contributed by atoms with van der Waals surface area (Å²) < 4.78 is 5.61. The van der Waals surface area contributed by atoms with Crippen LogP contribution in [0.1, 0.15) is 49.8 Å². The number of aliphatic hydroxyl groups excluding tert-OH is 1. The smallest absolute Gasteiger partial charge is 0.157 e. The molecule has 6 heteroatoms. The van der Waals surface area contributed by atoms with E-state index in [1.807, 2.05) is 6.08 Å². The molecule has 2 aromatic rings. The molecule has 35 heavy (non-hydrogen) atoms. The van der Waals surface area contributed by atoms with E-state index in [0.29, 0.717) is 19.8 Å². The monoisotopic (exact) mass is 495 g/mol. The van der Waals surface area contributed by atoms with Gasteiger partial charge in [-0.2, -0.15) is 0 Å². The van der Waals surface area contributed by atoms with Gasteiger partial charge >= 0.3 is 0 Å². The predicted molar refractivity (Wildman–Crippen MR) is 142 cm³/mol.